The van der Waals surface area contributed by atoms with E-state index in [-0.39, 0.29) is 25.7 Å². The Kier molecular flexibility index (Phi) is 69.9. The summed E-state index contributed by atoms with van der Waals surface area (Å²) in [4.78, 5) is 72.9. The van der Waals surface area contributed by atoms with Crippen LogP contribution in [0.3, 0.4) is 0 Å². The molecule has 0 rings (SSSR count). The molecule has 0 fully saturated rings. The Labute approximate surface area is 607 Å². The van der Waals surface area contributed by atoms with E-state index < -0.39 is 97.5 Å². The highest BCUT2D eigenvalue weighted by Gasteiger charge is 2.30. The SMILES string of the molecule is CC/C=C\C/C=C\C/C=C\C/C=C\C/C=C\CCCC(=O)OCC(COP(=O)(O)OCC(O)COP(=O)(O)OCC(COC(=O)CCCCCCCC/C=C\C/C=C\C/C=C\C/C=C\CC)OC(=O)CCCCCCCCCCCCC)OC(=O)CCCCCCCCCCCCCCC. The molecule has 0 aromatic rings. The highest BCUT2D eigenvalue weighted by molar-refractivity contribution is 7.47. The first-order chi connectivity index (χ1) is 48.7. The molecule has 0 saturated carbocycles. The minimum absolute atomic E-state index is 0.0846. The van der Waals surface area contributed by atoms with Gasteiger partial charge in [0, 0.05) is 25.7 Å². The molecule has 0 aliphatic carbocycles. The quantitative estimate of drug-likeness (QED) is 0.0169. The second-order valence-corrected chi connectivity index (χ2v) is 28.8. The summed E-state index contributed by atoms with van der Waals surface area (Å²) in [7, 11) is -9.96. The van der Waals surface area contributed by atoms with Crippen molar-refractivity contribution >= 4 is 39.5 Å². The Bertz CT molecular complexity index is 2320. The van der Waals surface area contributed by atoms with Gasteiger partial charge in [-0.15, -0.1) is 0 Å². The fourth-order valence-corrected chi connectivity index (χ4v) is 11.9. The standard InChI is InChI=1S/C81H140O17P2/c1-5-9-13-17-21-25-29-32-34-36-37-39-41-44-47-50-54-58-62-66-78(83)91-71-76(97-80(85)67-63-59-55-51-45-28-24-20-16-12-8-4)73-95-99(87,88)93-69-75(82)70-94-100(89,90)96-74-77(98-81(86)68-64-60-56-52-48-42-31-27-23-19-15-11-7-3)72-92-79(84)65-61-57-53-49-46-43-40-38-35-33-30-26-22-18-14-10-6-2/h9-10,13-14,21-22,25-26,32-35,37,39-40,43,49,53,75-77,82H,5-8,11-12,15-20,23-24,27-31,36,38,41-42,44-48,50-52,54-74H2,1-4H3,(H,87,88)(H,89,90)/b13-9-,14-10-,25-21-,26-22-,34-32-,35-33-,39-37-,43-40-,53-49-. The van der Waals surface area contributed by atoms with Crippen molar-refractivity contribution in [1.29, 1.82) is 0 Å². The zero-order chi connectivity index (χ0) is 73.2. The Balaban J connectivity index is 5.34. The van der Waals surface area contributed by atoms with Crippen LogP contribution in [-0.4, -0.2) is 96.7 Å². The monoisotopic (exact) mass is 1450 g/mol. The number of rotatable bonds is 73. The lowest BCUT2D eigenvalue weighted by Crippen LogP contribution is -2.30. The summed E-state index contributed by atoms with van der Waals surface area (Å²) in [6.07, 6.45) is 78.0. The van der Waals surface area contributed by atoms with Crippen LogP contribution >= 0.6 is 15.6 Å². The number of phosphoric ester groups is 2. The van der Waals surface area contributed by atoms with Crippen LogP contribution in [0.15, 0.2) is 109 Å². The van der Waals surface area contributed by atoms with Crippen molar-refractivity contribution < 1.29 is 80.2 Å². The molecule has 0 aliphatic heterocycles. The molecule has 19 heteroatoms. The lowest BCUT2D eigenvalue weighted by atomic mass is 10.0. The lowest BCUT2D eigenvalue weighted by molar-refractivity contribution is -0.161. The smallest absolute Gasteiger partial charge is 0.462 e. The Morgan fingerprint density at radius 1 is 0.290 bits per heavy atom. The van der Waals surface area contributed by atoms with Crippen molar-refractivity contribution in [2.45, 2.75) is 341 Å². The first-order valence-electron chi connectivity index (χ1n) is 39.1. The Morgan fingerprint density at radius 3 is 0.840 bits per heavy atom. The summed E-state index contributed by atoms with van der Waals surface area (Å²) in [6, 6.07) is 0. The number of ether oxygens (including phenoxy) is 4. The molecule has 0 aromatic carbocycles. The molecule has 0 bridgehead atoms. The first kappa shape index (κ1) is 95.7. The van der Waals surface area contributed by atoms with Crippen LogP contribution in [0.2, 0.25) is 0 Å². The molecule has 17 nitrogen and oxygen atoms in total. The third-order valence-corrected chi connectivity index (χ3v) is 18.2. The predicted molar refractivity (Wildman–Crippen MR) is 408 cm³/mol. The van der Waals surface area contributed by atoms with E-state index in [2.05, 4.69) is 125 Å². The number of aliphatic hydroxyl groups excluding tert-OH is 1. The van der Waals surface area contributed by atoms with Gasteiger partial charge in [0.25, 0.3) is 0 Å². The molecule has 100 heavy (non-hydrogen) atoms. The number of unbranched alkanes of at least 4 members (excludes halogenated alkanes) is 29. The van der Waals surface area contributed by atoms with Crippen LogP contribution in [0, 0.1) is 0 Å². The summed E-state index contributed by atoms with van der Waals surface area (Å²) < 4.78 is 68.4. The number of aliphatic hydroxyl groups is 1. The Morgan fingerprint density at radius 2 is 0.530 bits per heavy atom. The molecule has 0 amide bonds. The number of phosphoric acid groups is 2. The van der Waals surface area contributed by atoms with Gasteiger partial charge >= 0.3 is 39.5 Å². The molecule has 3 N–H and O–H groups in total. The number of carbonyl (C=O) groups excluding carboxylic acids is 4. The van der Waals surface area contributed by atoms with E-state index in [1.54, 1.807) is 0 Å². The van der Waals surface area contributed by atoms with Gasteiger partial charge in [0.1, 0.15) is 19.3 Å². The van der Waals surface area contributed by atoms with Gasteiger partial charge < -0.3 is 33.8 Å². The van der Waals surface area contributed by atoms with Crippen molar-refractivity contribution in [3.8, 4) is 0 Å². The van der Waals surface area contributed by atoms with Gasteiger partial charge in [0.15, 0.2) is 12.2 Å². The van der Waals surface area contributed by atoms with Gasteiger partial charge in [-0.05, 0) is 103 Å². The van der Waals surface area contributed by atoms with E-state index in [1.807, 2.05) is 12.2 Å². The molecule has 576 valence electrons. The summed E-state index contributed by atoms with van der Waals surface area (Å²) in [5.74, 6) is -2.24. The molecule has 0 heterocycles. The summed E-state index contributed by atoms with van der Waals surface area (Å²) >= 11 is 0. The van der Waals surface area contributed by atoms with E-state index in [0.29, 0.717) is 32.1 Å². The maximum absolute atomic E-state index is 13.1. The molecular formula is C81H140O17P2. The highest BCUT2D eigenvalue weighted by atomic mass is 31.2. The van der Waals surface area contributed by atoms with Crippen molar-refractivity contribution in [3.63, 3.8) is 0 Å². The van der Waals surface area contributed by atoms with Gasteiger partial charge in [-0.1, -0.05) is 304 Å². The van der Waals surface area contributed by atoms with Gasteiger partial charge in [-0.3, -0.25) is 37.3 Å². The maximum atomic E-state index is 13.1. The minimum Gasteiger partial charge on any atom is -0.462 e. The van der Waals surface area contributed by atoms with Gasteiger partial charge in [0.2, 0.25) is 0 Å². The second kappa shape index (κ2) is 73.0. The topological polar surface area (TPSA) is 237 Å². The first-order valence-corrected chi connectivity index (χ1v) is 42.1. The third-order valence-electron chi connectivity index (χ3n) is 16.3. The van der Waals surface area contributed by atoms with Crippen molar-refractivity contribution in [2.24, 2.45) is 0 Å². The van der Waals surface area contributed by atoms with E-state index in [1.165, 1.54) is 89.9 Å². The van der Waals surface area contributed by atoms with Crippen molar-refractivity contribution in [1.82, 2.24) is 0 Å². The van der Waals surface area contributed by atoms with Gasteiger partial charge in [-0.2, -0.15) is 0 Å². The zero-order valence-electron chi connectivity index (χ0n) is 62.8. The van der Waals surface area contributed by atoms with Crippen molar-refractivity contribution in [3.05, 3.63) is 109 Å². The fraction of sp³-hybridized carbons (Fsp3) is 0.728. The average Bonchev–Trinajstić information content (AvgIpc) is 0.939. The van der Waals surface area contributed by atoms with E-state index in [9.17, 15) is 43.2 Å². The number of hydrogen-bond acceptors (Lipinski definition) is 15. The van der Waals surface area contributed by atoms with E-state index in [0.717, 1.165) is 148 Å². The van der Waals surface area contributed by atoms with Crippen LogP contribution in [0.4, 0.5) is 0 Å². The van der Waals surface area contributed by atoms with Crippen LogP contribution in [0.25, 0.3) is 0 Å². The number of allylic oxidation sites excluding steroid dienone is 18. The zero-order valence-corrected chi connectivity index (χ0v) is 64.6. The molecule has 5 atom stereocenters. The van der Waals surface area contributed by atoms with Crippen LogP contribution in [-0.2, 0) is 65.4 Å². The molecule has 5 unspecified atom stereocenters. The summed E-state index contributed by atoms with van der Waals surface area (Å²) in [5.41, 5.74) is 0. The van der Waals surface area contributed by atoms with Gasteiger partial charge in [-0.25, -0.2) is 9.13 Å². The van der Waals surface area contributed by atoms with Crippen LogP contribution in [0.5, 0.6) is 0 Å². The van der Waals surface area contributed by atoms with Crippen LogP contribution in [0.1, 0.15) is 323 Å². The molecule has 0 spiro atoms. The van der Waals surface area contributed by atoms with E-state index >= 15 is 0 Å². The number of carbonyl (C=O) groups is 4. The lowest BCUT2D eigenvalue weighted by Gasteiger charge is -2.21. The van der Waals surface area contributed by atoms with E-state index in [4.69, 9.17) is 37.0 Å². The van der Waals surface area contributed by atoms with Gasteiger partial charge in [0.05, 0.1) is 26.4 Å². The second-order valence-electron chi connectivity index (χ2n) is 25.9. The largest absolute Gasteiger partial charge is 0.472 e. The molecular weight excluding hydrogens is 1310 g/mol. The number of hydrogen-bond donors (Lipinski definition) is 3. The molecule has 0 aliphatic rings. The molecule has 0 saturated heterocycles. The van der Waals surface area contributed by atoms with Crippen LogP contribution < -0.4 is 0 Å². The molecule has 0 aromatic heterocycles. The minimum atomic E-state index is -4.98. The highest BCUT2D eigenvalue weighted by Crippen LogP contribution is 2.45. The predicted octanol–water partition coefficient (Wildman–Crippen LogP) is 22.6. The third kappa shape index (κ3) is 72.1. The molecule has 0 radical (unpaired) electrons. The average molecular weight is 1450 g/mol. The Hall–Kier alpha value is -4.28. The number of esters is 4. The fourth-order valence-electron chi connectivity index (χ4n) is 10.4. The summed E-state index contributed by atoms with van der Waals surface area (Å²) in [5, 5.41) is 10.6. The summed E-state index contributed by atoms with van der Waals surface area (Å²) in [6.45, 7) is 4.59. The van der Waals surface area contributed by atoms with Crippen molar-refractivity contribution in [2.75, 3.05) is 39.6 Å². The maximum Gasteiger partial charge on any atom is 0.472 e. The normalized spacial score (nSPS) is 14.5.